The van der Waals surface area contributed by atoms with Gasteiger partial charge in [0, 0.05) is 13.2 Å². The number of hydrogen-bond donors (Lipinski definition) is 1. The van der Waals surface area contributed by atoms with E-state index in [1.165, 1.54) is 19.1 Å². The lowest BCUT2D eigenvalue weighted by Gasteiger charge is -2.20. The topological polar surface area (TPSA) is 102 Å². The summed E-state index contributed by atoms with van der Waals surface area (Å²) in [6.45, 7) is 1.98. The lowest BCUT2D eigenvalue weighted by Crippen LogP contribution is -2.44. The molecule has 2 aliphatic rings. The van der Waals surface area contributed by atoms with Crippen molar-refractivity contribution in [1.29, 1.82) is 0 Å². The number of carbonyl (C=O) groups excluding carboxylic acids is 4. The highest BCUT2D eigenvalue weighted by Crippen LogP contribution is 2.24. The highest BCUT2D eigenvalue weighted by atomic mass is 16.5. The summed E-state index contributed by atoms with van der Waals surface area (Å²) in [5.41, 5.74) is 0.512. The largest absolute Gasteiger partial charge is 0.454 e. The molecular formula is C18H20N2O6. The van der Waals surface area contributed by atoms with Crippen molar-refractivity contribution in [2.75, 3.05) is 19.8 Å². The van der Waals surface area contributed by atoms with Gasteiger partial charge in [-0.15, -0.1) is 0 Å². The summed E-state index contributed by atoms with van der Waals surface area (Å²) in [4.78, 5) is 49.5. The first-order chi connectivity index (χ1) is 12.5. The Balaban J connectivity index is 1.51. The van der Waals surface area contributed by atoms with E-state index in [9.17, 15) is 19.2 Å². The first-order valence-corrected chi connectivity index (χ1v) is 8.51. The van der Waals surface area contributed by atoms with Crippen LogP contribution in [0.4, 0.5) is 0 Å². The van der Waals surface area contributed by atoms with Gasteiger partial charge in [0.15, 0.2) is 6.61 Å². The monoisotopic (exact) mass is 360 g/mol. The molecule has 0 saturated carbocycles. The van der Waals surface area contributed by atoms with Gasteiger partial charge in [0.25, 0.3) is 17.7 Å². The van der Waals surface area contributed by atoms with Crippen molar-refractivity contribution in [3.63, 3.8) is 0 Å². The van der Waals surface area contributed by atoms with E-state index < -0.39 is 36.3 Å². The van der Waals surface area contributed by atoms with E-state index >= 15 is 0 Å². The number of rotatable bonds is 6. The standard InChI is InChI=1S/C18H20N2O6/c1-11(20-16(22)13-6-2-3-7-14(13)17(20)23)18(24)26-10-15(21)19-9-12-5-4-8-25-12/h2-3,6-7,11-12H,4-5,8-10H2,1H3,(H,19,21)/t11-,12-/m0/s1. The molecule has 26 heavy (non-hydrogen) atoms. The van der Waals surface area contributed by atoms with Gasteiger partial charge in [-0.2, -0.15) is 0 Å². The molecule has 1 N–H and O–H groups in total. The van der Waals surface area contributed by atoms with Gasteiger partial charge >= 0.3 is 5.97 Å². The minimum Gasteiger partial charge on any atom is -0.454 e. The van der Waals surface area contributed by atoms with E-state index in [0.717, 1.165) is 17.7 Å². The summed E-state index contributed by atoms with van der Waals surface area (Å²) >= 11 is 0. The maximum absolute atomic E-state index is 12.3. The molecule has 0 spiro atoms. The van der Waals surface area contributed by atoms with Crippen LogP contribution in [0.3, 0.4) is 0 Å². The molecule has 2 heterocycles. The van der Waals surface area contributed by atoms with Crippen molar-refractivity contribution in [3.8, 4) is 0 Å². The Hall–Kier alpha value is -2.74. The van der Waals surface area contributed by atoms with Crippen LogP contribution in [-0.2, 0) is 19.1 Å². The van der Waals surface area contributed by atoms with Crippen LogP contribution < -0.4 is 5.32 Å². The summed E-state index contributed by atoms with van der Waals surface area (Å²) < 4.78 is 10.3. The third-order valence-corrected chi connectivity index (χ3v) is 4.45. The molecule has 0 aromatic heterocycles. The number of ether oxygens (including phenoxy) is 2. The number of fused-ring (bicyclic) bond motifs is 1. The van der Waals surface area contributed by atoms with Crippen molar-refractivity contribution in [2.24, 2.45) is 0 Å². The fourth-order valence-electron chi connectivity index (χ4n) is 3.01. The summed E-state index contributed by atoms with van der Waals surface area (Å²) in [5.74, 6) is -2.36. The smallest absolute Gasteiger partial charge is 0.329 e. The number of nitrogens with zero attached hydrogens (tertiary/aromatic N) is 1. The molecule has 138 valence electrons. The molecule has 1 saturated heterocycles. The highest BCUT2D eigenvalue weighted by molar-refractivity contribution is 6.22. The van der Waals surface area contributed by atoms with Gasteiger partial charge in [-0.05, 0) is 31.9 Å². The summed E-state index contributed by atoms with van der Waals surface area (Å²) in [6.07, 6.45) is 1.84. The number of nitrogens with one attached hydrogen (secondary N) is 1. The van der Waals surface area contributed by atoms with E-state index in [4.69, 9.17) is 9.47 Å². The Labute approximate surface area is 150 Å². The number of hydrogen-bond acceptors (Lipinski definition) is 6. The first kappa shape index (κ1) is 18.1. The van der Waals surface area contributed by atoms with Crippen LogP contribution in [0.15, 0.2) is 24.3 Å². The van der Waals surface area contributed by atoms with Crippen molar-refractivity contribution in [1.82, 2.24) is 10.2 Å². The van der Waals surface area contributed by atoms with Crippen LogP contribution in [-0.4, -0.2) is 60.5 Å². The number of imide groups is 1. The maximum Gasteiger partial charge on any atom is 0.329 e. The van der Waals surface area contributed by atoms with E-state index in [-0.39, 0.29) is 17.2 Å². The molecular weight excluding hydrogens is 340 g/mol. The fourth-order valence-corrected chi connectivity index (χ4v) is 3.01. The van der Waals surface area contributed by atoms with Crippen molar-refractivity contribution in [2.45, 2.75) is 31.9 Å². The molecule has 8 heteroatoms. The van der Waals surface area contributed by atoms with Gasteiger partial charge < -0.3 is 14.8 Å². The average molecular weight is 360 g/mol. The molecule has 0 unspecified atom stereocenters. The number of benzene rings is 1. The van der Waals surface area contributed by atoms with Crippen LogP contribution in [0.25, 0.3) is 0 Å². The first-order valence-electron chi connectivity index (χ1n) is 8.51. The SMILES string of the molecule is C[C@@H](C(=O)OCC(=O)NC[C@@H]1CCCO1)N1C(=O)c2ccccc2C1=O. The molecule has 0 bridgehead atoms. The van der Waals surface area contributed by atoms with Crippen LogP contribution in [0, 0.1) is 0 Å². The van der Waals surface area contributed by atoms with Crippen LogP contribution in [0.2, 0.25) is 0 Å². The lowest BCUT2D eigenvalue weighted by atomic mass is 10.1. The normalized spacial score (nSPS) is 20.0. The molecule has 3 amide bonds. The third kappa shape index (κ3) is 3.60. The minimum absolute atomic E-state index is 0.00748. The molecule has 1 aromatic carbocycles. The molecule has 2 atom stereocenters. The van der Waals surface area contributed by atoms with Gasteiger partial charge in [-0.25, -0.2) is 4.79 Å². The molecule has 1 fully saturated rings. The molecule has 3 rings (SSSR count). The summed E-state index contributed by atoms with van der Waals surface area (Å²) in [5, 5.41) is 2.63. The van der Waals surface area contributed by atoms with Gasteiger partial charge in [0.2, 0.25) is 0 Å². The summed E-state index contributed by atoms with van der Waals surface area (Å²) in [6, 6.07) is 5.25. The number of carbonyl (C=O) groups is 4. The second-order valence-corrected chi connectivity index (χ2v) is 6.25. The maximum atomic E-state index is 12.3. The Kier molecular flexibility index (Phi) is 5.32. The van der Waals surface area contributed by atoms with Crippen molar-refractivity contribution in [3.05, 3.63) is 35.4 Å². The predicted octanol–water partition coefficient (Wildman–Crippen LogP) is 0.510. The quantitative estimate of drug-likeness (QED) is 0.586. The van der Waals surface area contributed by atoms with Gasteiger partial charge in [-0.3, -0.25) is 19.3 Å². The van der Waals surface area contributed by atoms with Crippen molar-refractivity contribution < 1.29 is 28.7 Å². The third-order valence-electron chi connectivity index (χ3n) is 4.45. The van der Waals surface area contributed by atoms with Gasteiger partial charge in [-0.1, -0.05) is 12.1 Å². The summed E-state index contributed by atoms with van der Waals surface area (Å²) in [7, 11) is 0. The lowest BCUT2D eigenvalue weighted by molar-refractivity contribution is -0.151. The Morgan fingerprint density at radius 1 is 1.27 bits per heavy atom. The van der Waals surface area contributed by atoms with E-state index in [0.29, 0.717) is 13.2 Å². The Morgan fingerprint density at radius 2 is 1.92 bits per heavy atom. The van der Waals surface area contributed by atoms with Crippen LogP contribution in [0.1, 0.15) is 40.5 Å². The zero-order valence-corrected chi connectivity index (χ0v) is 14.4. The molecule has 0 aliphatic carbocycles. The highest BCUT2D eigenvalue weighted by Gasteiger charge is 2.41. The average Bonchev–Trinajstić information content (AvgIpc) is 3.25. The van der Waals surface area contributed by atoms with E-state index in [1.54, 1.807) is 12.1 Å². The van der Waals surface area contributed by atoms with Crippen LogP contribution in [0.5, 0.6) is 0 Å². The second-order valence-electron chi connectivity index (χ2n) is 6.25. The van der Waals surface area contributed by atoms with Crippen molar-refractivity contribution >= 4 is 23.7 Å². The van der Waals surface area contributed by atoms with Crippen LogP contribution >= 0.6 is 0 Å². The molecule has 1 aromatic rings. The van der Waals surface area contributed by atoms with Gasteiger partial charge in [0.1, 0.15) is 6.04 Å². The number of amides is 3. The minimum atomic E-state index is -1.12. The fraction of sp³-hybridized carbons (Fsp3) is 0.444. The number of esters is 1. The van der Waals surface area contributed by atoms with Gasteiger partial charge in [0.05, 0.1) is 17.2 Å². The zero-order chi connectivity index (χ0) is 18.7. The van der Waals surface area contributed by atoms with E-state index in [1.807, 2.05) is 0 Å². The predicted molar refractivity (Wildman–Crippen MR) is 89.3 cm³/mol. The molecule has 8 nitrogen and oxygen atoms in total. The Bertz CT molecular complexity index is 706. The second kappa shape index (κ2) is 7.65. The molecule has 0 radical (unpaired) electrons. The van der Waals surface area contributed by atoms with E-state index in [2.05, 4.69) is 5.32 Å². The Morgan fingerprint density at radius 3 is 2.50 bits per heavy atom. The zero-order valence-electron chi connectivity index (χ0n) is 14.4. The molecule has 2 aliphatic heterocycles.